The number of nitrogens with zero attached hydrogens (tertiary/aromatic N) is 2. The Hall–Kier alpha value is -3.26. The molecule has 0 unspecified atom stereocenters. The summed E-state index contributed by atoms with van der Waals surface area (Å²) in [6.45, 7) is 0. The number of hydrogen-bond acceptors (Lipinski definition) is 6. The van der Waals surface area contributed by atoms with Crippen LogP contribution in [0.5, 0.6) is 11.5 Å². The van der Waals surface area contributed by atoms with Gasteiger partial charge in [0, 0.05) is 24.1 Å². The summed E-state index contributed by atoms with van der Waals surface area (Å²) in [5, 5.41) is 3.01. The molecule has 2 aromatic carbocycles. The number of nitrogens with one attached hydrogen (secondary N) is 1. The molecule has 0 fully saturated rings. The van der Waals surface area contributed by atoms with E-state index in [1.165, 1.54) is 10.8 Å². The lowest BCUT2D eigenvalue weighted by atomic mass is 10.3. The molecule has 1 aromatic heterocycles. The Morgan fingerprint density at radius 2 is 1.96 bits per heavy atom. The molecule has 144 valence electrons. The predicted octanol–water partition coefficient (Wildman–Crippen LogP) is 2.98. The Kier molecular flexibility index (Phi) is 6.33. The van der Waals surface area contributed by atoms with Crippen molar-refractivity contribution < 1.29 is 14.3 Å². The summed E-state index contributed by atoms with van der Waals surface area (Å²) in [5.41, 5.74) is 0.920. The summed E-state index contributed by atoms with van der Waals surface area (Å²) in [6, 6.07) is 14.3. The quantitative estimate of drug-likeness (QED) is 0.617. The Morgan fingerprint density at radius 3 is 2.75 bits per heavy atom. The maximum Gasteiger partial charge on any atom is 0.287 e. The number of rotatable bonds is 7. The van der Waals surface area contributed by atoms with Crippen LogP contribution in [-0.4, -0.2) is 35.4 Å². The number of amides is 1. The Bertz CT molecular complexity index is 1040. The topological polar surface area (TPSA) is 82.4 Å². The fourth-order valence-electron chi connectivity index (χ4n) is 2.54. The van der Waals surface area contributed by atoms with Crippen LogP contribution in [0, 0.1) is 0 Å². The van der Waals surface area contributed by atoms with Gasteiger partial charge in [0.2, 0.25) is 5.91 Å². The van der Waals surface area contributed by atoms with E-state index >= 15 is 0 Å². The highest BCUT2D eigenvalue weighted by Crippen LogP contribution is 2.21. The predicted molar refractivity (Wildman–Crippen MR) is 109 cm³/mol. The van der Waals surface area contributed by atoms with E-state index in [0.29, 0.717) is 22.9 Å². The Morgan fingerprint density at radius 1 is 1.14 bits per heavy atom. The molecule has 1 heterocycles. The third-order valence-electron chi connectivity index (χ3n) is 3.85. The van der Waals surface area contributed by atoms with Crippen molar-refractivity contribution in [1.82, 2.24) is 9.55 Å². The zero-order valence-electron chi connectivity index (χ0n) is 15.4. The number of aromatic nitrogens is 2. The maximum absolute atomic E-state index is 12.8. The molecule has 3 aromatic rings. The van der Waals surface area contributed by atoms with Crippen LogP contribution in [0.1, 0.15) is 0 Å². The molecule has 0 aliphatic carbocycles. The maximum atomic E-state index is 12.8. The number of carbonyl (C=O) groups is 1. The van der Waals surface area contributed by atoms with Gasteiger partial charge in [0.1, 0.15) is 11.5 Å². The van der Waals surface area contributed by atoms with Crippen LogP contribution in [0.25, 0.3) is 5.69 Å². The van der Waals surface area contributed by atoms with Crippen LogP contribution in [0.3, 0.4) is 0 Å². The van der Waals surface area contributed by atoms with E-state index in [1.54, 1.807) is 56.8 Å². The molecular formula is C20H19N3O4S. The van der Waals surface area contributed by atoms with Crippen LogP contribution in [-0.2, 0) is 4.79 Å². The number of carbonyl (C=O) groups excluding carboxylic acids is 1. The average molecular weight is 397 g/mol. The number of ether oxygens (including phenoxy) is 2. The number of thioether (sulfide) groups is 1. The summed E-state index contributed by atoms with van der Waals surface area (Å²) in [4.78, 5) is 29.1. The molecule has 0 saturated heterocycles. The minimum atomic E-state index is -0.314. The van der Waals surface area contributed by atoms with E-state index in [4.69, 9.17) is 9.47 Å². The van der Waals surface area contributed by atoms with Gasteiger partial charge in [-0.15, -0.1) is 0 Å². The van der Waals surface area contributed by atoms with Crippen molar-refractivity contribution in [2.75, 3.05) is 25.3 Å². The monoisotopic (exact) mass is 397 g/mol. The molecule has 3 rings (SSSR count). The minimum absolute atomic E-state index is 0.0510. The van der Waals surface area contributed by atoms with Crippen molar-refractivity contribution in [1.29, 1.82) is 0 Å². The first-order valence-electron chi connectivity index (χ1n) is 8.40. The number of benzene rings is 2. The molecule has 0 bridgehead atoms. The van der Waals surface area contributed by atoms with Gasteiger partial charge < -0.3 is 14.8 Å². The van der Waals surface area contributed by atoms with Gasteiger partial charge in [0.05, 0.1) is 25.7 Å². The highest BCUT2D eigenvalue weighted by atomic mass is 32.2. The van der Waals surface area contributed by atoms with Gasteiger partial charge in [0.25, 0.3) is 5.56 Å². The summed E-state index contributed by atoms with van der Waals surface area (Å²) >= 11 is 1.08. The molecule has 7 nitrogen and oxygen atoms in total. The lowest BCUT2D eigenvalue weighted by Gasteiger charge is -2.11. The second kappa shape index (κ2) is 9.09. The first-order chi connectivity index (χ1) is 13.6. The molecule has 0 atom stereocenters. The molecule has 0 aliphatic rings. The lowest BCUT2D eigenvalue weighted by molar-refractivity contribution is -0.113. The van der Waals surface area contributed by atoms with Crippen LogP contribution in [0.4, 0.5) is 5.69 Å². The van der Waals surface area contributed by atoms with Crippen molar-refractivity contribution in [2.24, 2.45) is 0 Å². The lowest BCUT2D eigenvalue weighted by Crippen LogP contribution is -2.22. The second-order valence-corrected chi connectivity index (χ2v) is 6.61. The number of methoxy groups -OCH3 is 2. The van der Waals surface area contributed by atoms with Crippen molar-refractivity contribution in [3.8, 4) is 17.2 Å². The van der Waals surface area contributed by atoms with E-state index in [1.807, 2.05) is 12.1 Å². The number of para-hydroxylation sites is 2. The van der Waals surface area contributed by atoms with Crippen LogP contribution < -0.4 is 20.3 Å². The highest BCUT2D eigenvalue weighted by molar-refractivity contribution is 7.99. The standard InChI is InChI=1S/C20H19N3O4S/c1-26-15-7-5-6-14(12-15)22-18(24)13-28-19-20(25)23(11-10-21-19)16-8-3-4-9-17(16)27-2/h3-12H,13H2,1-2H3,(H,22,24). The minimum Gasteiger partial charge on any atom is -0.497 e. The summed E-state index contributed by atoms with van der Waals surface area (Å²) in [5.74, 6) is 1.03. The van der Waals surface area contributed by atoms with Gasteiger partial charge in [-0.2, -0.15) is 0 Å². The first kappa shape index (κ1) is 19.5. The molecule has 0 saturated carbocycles. The molecule has 0 radical (unpaired) electrons. The van der Waals surface area contributed by atoms with Crippen molar-refractivity contribution in [3.63, 3.8) is 0 Å². The second-order valence-electron chi connectivity index (χ2n) is 5.65. The third kappa shape index (κ3) is 4.52. The fraction of sp³-hybridized carbons (Fsp3) is 0.150. The normalized spacial score (nSPS) is 10.4. The third-order valence-corrected chi connectivity index (χ3v) is 4.81. The van der Waals surface area contributed by atoms with Gasteiger partial charge in [-0.3, -0.25) is 14.2 Å². The molecule has 0 aliphatic heterocycles. The summed E-state index contributed by atoms with van der Waals surface area (Å²) in [6.07, 6.45) is 3.09. The molecule has 0 spiro atoms. The zero-order chi connectivity index (χ0) is 19.9. The van der Waals surface area contributed by atoms with Crippen LogP contribution >= 0.6 is 11.8 Å². The number of hydrogen-bond donors (Lipinski definition) is 1. The molecule has 1 amide bonds. The van der Waals surface area contributed by atoms with Gasteiger partial charge in [-0.05, 0) is 24.3 Å². The van der Waals surface area contributed by atoms with Crippen LogP contribution in [0.2, 0.25) is 0 Å². The van der Waals surface area contributed by atoms with Crippen molar-refractivity contribution in [2.45, 2.75) is 5.03 Å². The Labute approximate surface area is 166 Å². The highest BCUT2D eigenvalue weighted by Gasteiger charge is 2.12. The molecular weight excluding hydrogens is 378 g/mol. The van der Waals surface area contributed by atoms with Gasteiger partial charge in [-0.25, -0.2) is 4.98 Å². The van der Waals surface area contributed by atoms with Crippen molar-refractivity contribution in [3.05, 3.63) is 71.3 Å². The van der Waals surface area contributed by atoms with Gasteiger partial charge in [-0.1, -0.05) is 30.0 Å². The average Bonchev–Trinajstić information content (AvgIpc) is 2.73. The fourth-order valence-corrected chi connectivity index (χ4v) is 3.24. The van der Waals surface area contributed by atoms with E-state index in [-0.39, 0.29) is 22.2 Å². The molecule has 1 N–H and O–H groups in total. The van der Waals surface area contributed by atoms with E-state index in [2.05, 4.69) is 10.3 Å². The van der Waals surface area contributed by atoms with E-state index in [9.17, 15) is 9.59 Å². The smallest absolute Gasteiger partial charge is 0.287 e. The Balaban J connectivity index is 1.73. The molecule has 8 heteroatoms. The summed E-state index contributed by atoms with van der Waals surface area (Å²) in [7, 11) is 3.11. The van der Waals surface area contributed by atoms with Gasteiger partial charge in [0.15, 0.2) is 5.03 Å². The van der Waals surface area contributed by atoms with E-state index < -0.39 is 0 Å². The first-order valence-corrected chi connectivity index (χ1v) is 9.38. The number of anilines is 1. The van der Waals surface area contributed by atoms with E-state index in [0.717, 1.165) is 11.8 Å². The largest absolute Gasteiger partial charge is 0.497 e. The van der Waals surface area contributed by atoms with Gasteiger partial charge >= 0.3 is 0 Å². The molecule has 28 heavy (non-hydrogen) atoms. The van der Waals surface area contributed by atoms with Crippen LogP contribution in [0.15, 0.2) is 70.7 Å². The SMILES string of the molecule is COc1cccc(NC(=O)CSc2nccn(-c3ccccc3OC)c2=O)c1. The van der Waals surface area contributed by atoms with Crippen molar-refractivity contribution >= 4 is 23.4 Å². The summed E-state index contributed by atoms with van der Waals surface area (Å²) < 4.78 is 11.9. The zero-order valence-corrected chi connectivity index (χ0v) is 16.2.